The molecule has 3 N–H and O–H groups in total. The van der Waals surface area contributed by atoms with Gasteiger partial charge in [0.15, 0.2) is 0 Å². The first-order valence-electron chi connectivity index (χ1n) is 8.60. The van der Waals surface area contributed by atoms with Gasteiger partial charge in [0.25, 0.3) is 5.91 Å². The number of hydrogen-bond acceptors (Lipinski definition) is 2. The highest BCUT2D eigenvalue weighted by Crippen LogP contribution is 2.24. The number of amides is 3. The maximum atomic E-state index is 12.2. The van der Waals surface area contributed by atoms with E-state index in [1.54, 1.807) is 24.3 Å². The third kappa shape index (κ3) is 4.47. The van der Waals surface area contributed by atoms with E-state index in [4.69, 9.17) is 0 Å². The smallest absolute Gasteiger partial charge is 0.319 e. The van der Waals surface area contributed by atoms with Gasteiger partial charge >= 0.3 is 6.03 Å². The first-order valence-corrected chi connectivity index (χ1v) is 8.60. The summed E-state index contributed by atoms with van der Waals surface area (Å²) in [6.45, 7) is 2.19. The van der Waals surface area contributed by atoms with Crippen LogP contribution in [-0.2, 0) is 0 Å². The molecule has 2 aliphatic rings. The van der Waals surface area contributed by atoms with Gasteiger partial charge in [0.1, 0.15) is 0 Å². The lowest BCUT2D eigenvalue weighted by molar-refractivity contribution is 0.0951. The van der Waals surface area contributed by atoms with Gasteiger partial charge in [0.2, 0.25) is 0 Å². The molecule has 0 aromatic heterocycles. The molecule has 5 heteroatoms. The molecule has 5 nitrogen and oxygen atoms in total. The van der Waals surface area contributed by atoms with Crippen LogP contribution in [-0.4, -0.2) is 24.0 Å². The van der Waals surface area contributed by atoms with Crippen molar-refractivity contribution in [3.8, 4) is 0 Å². The minimum absolute atomic E-state index is 0.0718. The van der Waals surface area contributed by atoms with Crippen molar-refractivity contribution in [1.29, 1.82) is 0 Å². The maximum Gasteiger partial charge on any atom is 0.319 e. The molecule has 3 amide bonds. The molecule has 2 fully saturated rings. The van der Waals surface area contributed by atoms with Crippen molar-refractivity contribution in [1.82, 2.24) is 10.6 Å². The lowest BCUT2D eigenvalue weighted by atomic mass is 9.86. The molecule has 2 saturated carbocycles. The molecule has 0 aliphatic heterocycles. The van der Waals surface area contributed by atoms with Crippen molar-refractivity contribution in [2.75, 3.05) is 5.32 Å². The van der Waals surface area contributed by atoms with Crippen molar-refractivity contribution in [2.45, 2.75) is 57.5 Å². The zero-order valence-electron chi connectivity index (χ0n) is 13.6. The van der Waals surface area contributed by atoms with Crippen LogP contribution >= 0.6 is 0 Å². The highest BCUT2D eigenvalue weighted by Gasteiger charge is 2.24. The molecule has 0 bridgehead atoms. The van der Waals surface area contributed by atoms with E-state index in [-0.39, 0.29) is 18.0 Å². The van der Waals surface area contributed by atoms with E-state index in [9.17, 15) is 9.59 Å². The molecule has 0 saturated heterocycles. The van der Waals surface area contributed by atoms with Crippen molar-refractivity contribution in [2.24, 2.45) is 5.92 Å². The van der Waals surface area contributed by atoms with Crippen LogP contribution in [0.3, 0.4) is 0 Å². The standard InChI is InChI=1S/C18H25N3O2/c1-12-5-2-3-8-16(12)21-18(23)20-15-7-4-6-13(11-15)17(22)19-14-9-10-14/h4,6-7,11-12,14,16H,2-3,5,8-10H2,1H3,(H,19,22)(H2,20,21,23)/t12-,16+/m0/s1. The monoisotopic (exact) mass is 315 g/mol. The molecule has 0 unspecified atom stereocenters. The molecular formula is C18H25N3O2. The van der Waals surface area contributed by atoms with Crippen LogP contribution in [0.2, 0.25) is 0 Å². The maximum absolute atomic E-state index is 12.2. The Labute approximate surface area is 137 Å². The SMILES string of the molecule is C[C@H]1CCCC[C@H]1NC(=O)Nc1cccc(C(=O)NC2CC2)c1. The number of benzene rings is 1. The van der Waals surface area contributed by atoms with E-state index in [2.05, 4.69) is 22.9 Å². The van der Waals surface area contributed by atoms with Gasteiger partial charge in [-0.15, -0.1) is 0 Å². The summed E-state index contributed by atoms with van der Waals surface area (Å²) in [6.07, 6.45) is 6.75. The number of nitrogens with one attached hydrogen (secondary N) is 3. The normalized spacial score (nSPS) is 23.9. The fourth-order valence-corrected chi connectivity index (χ4v) is 3.10. The summed E-state index contributed by atoms with van der Waals surface area (Å²) in [6, 6.07) is 7.47. The second-order valence-corrected chi connectivity index (χ2v) is 6.80. The van der Waals surface area contributed by atoms with Gasteiger partial charge in [-0.25, -0.2) is 4.79 Å². The van der Waals surface area contributed by atoms with E-state index < -0.39 is 0 Å². The summed E-state index contributed by atoms with van der Waals surface area (Å²) in [5, 5.41) is 8.86. The third-order valence-electron chi connectivity index (χ3n) is 4.72. The molecule has 23 heavy (non-hydrogen) atoms. The first-order chi connectivity index (χ1) is 11.1. The first kappa shape index (κ1) is 15.8. The van der Waals surface area contributed by atoms with Gasteiger partial charge < -0.3 is 16.0 Å². The van der Waals surface area contributed by atoms with Gasteiger partial charge in [-0.1, -0.05) is 25.8 Å². The fraction of sp³-hybridized carbons (Fsp3) is 0.556. The summed E-state index contributed by atoms with van der Waals surface area (Å²) in [7, 11) is 0. The van der Waals surface area contributed by atoms with E-state index in [0.29, 0.717) is 23.2 Å². The second kappa shape index (κ2) is 7.02. The minimum Gasteiger partial charge on any atom is -0.349 e. The Bertz CT molecular complexity index is 583. The minimum atomic E-state index is -0.191. The van der Waals surface area contributed by atoms with Gasteiger partial charge in [0.05, 0.1) is 0 Å². The fourth-order valence-electron chi connectivity index (χ4n) is 3.10. The molecule has 1 aromatic rings. The van der Waals surface area contributed by atoms with Crippen LogP contribution in [0.15, 0.2) is 24.3 Å². The molecule has 2 aliphatic carbocycles. The molecule has 3 rings (SSSR count). The molecule has 124 valence electrons. The van der Waals surface area contributed by atoms with Gasteiger partial charge in [0, 0.05) is 23.3 Å². The predicted octanol–water partition coefficient (Wildman–Crippen LogP) is 3.28. The van der Waals surface area contributed by atoms with E-state index >= 15 is 0 Å². The number of carbonyl (C=O) groups excluding carboxylic acids is 2. The summed E-state index contributed by atoms with van der Waals surface area (Å²) in [4.78, 5) is 24.2. The largest absolute Gasteiger partial charge is 0.349 e. The quantitative estimate of drug-likeness (QED) is 0.798. The summed E-state index contributed by atoms with van der Waals surface area (Å²) >= 11 is 0. The average molecular weight is 315 g/mol. The van der Waals surface area contributed by atoms with Crippen molar-refractivity contribution in [3.63, 3.8) is 0 Å². The number of urea groups is 1. The van der Waals surface area contributed by atoms with Crippen molar-refractivity contribution in [3.05, 3.63) is 29.8 Å². The van der Waals surface area contributed by atoms with Crippen LogP contribution < -0.4 is 16.0 Å². The lowest BCUT2D eigenvalue weighted by Crippen LogP contribution is -2.43. The topological polar surface area (TPSA) is 70.2 Å². The Balaban J connectivity index is 1.56. The lowest BCUT2D eigenvalue weighted by Gasteiger charge is -2.29. The van der Waals surface area contributed by atoms with Crippen LogP contribution in [0.5, 0.6) is 0 Å². The molecule has 0 radical (unpaired) electrons. The van der Waals surface area contributed by atoms with Crippen LogP contribution in [0.4, 0.5) is 10.5 Å². The van der Waals surface area contributed by atoms with Gasteiger partial charge in [-0.2, -0.15) is 0 Å². The summed E-state index contributed by atoms with van der Waals surface area (Å²) in [5.41, 5.74) is 1.23. The Morgan fingerprint density at radius 3 is 2.57 bits per heavy atom. The zero-order chi connectivity index (χ0) is 16.2. The van der Waals surface area contributed by atoms with Gasteiger partial charge in [-0.3, -0.25) is 4.79 Å². The Kier molecular flexibility index (Phi) is 4.84. The van der Waals surface area contributed by atoms with Gasteiger partial charge in [-0.05, 0) is 49.8 Å². The summed E-state index contributed by atoms with van der Waals surface area (Å²) < 4.78 is 0. The second-order valence-electron chi connectivity index (χ2n) is 6.80. The Morgan fingerprint density at radius 2 is 1.83 bits per heavy atom. The van der Waals surface area contributed by atoms with Crippen molar-refractivity contribution < 1.29 is 9.59 Å². The highest BCUT2D eigenvalue weighted by molar-refractivity contribution is 5.97. The molecular weight excluding hydrogens is 290 g/mol. The molecule has 0 heterocycles. The van der Waals surface area contributed by atoms with E-state index in [1.807, 2.05) is 0 Å². The third-order valence-corrected chi connectivity index (χ3v) is 4.72. The Hall–Kier alpha value is -2.04. The average Bonchev–Trinajstić information content (AvgIpc) is 3.34. The van der Waals surface area contributed by atoms with E-state index in [0.717, 1.165) is 19.3 Å². The predicted molar refractivity (Wildman–Crippen MR) is 90.5 cm³/mol. The van der Waals surface area contributed by atoms with E-state index in [1.165, 1.54) is 19.3 Å². The van der Waals surface area contributed by atoms with Crippen LogP contribution in [0.25, 0.3) is 0 Å². The number of carbonyl (C=O) groups is 2. The van der Waals surface area contributed by atoms with Crippen LogP contribution in [0, 0.1) is 5.92 Å². The van der Waals surface area contributed by atoms with Crippen LogP contribution in [0.1, 0.15) is 55.8 Å². The molecule has 2 atom stereocenters. The number of rotatable bonds is 4. The molecule has 1 aromatic carbocycles. The molecule has 0 spiro atoms. The van der Waals surface area contributed by atoms with Crippen molar-refractivity contribution >= 4 is 17.6 Å². The highest BCUT2D eigenvalue weighted by atomic mass is 16.2. The summed E-state index contributed by atoms with van der Waals surface area (Å²) in [5.74, 6) is 0.447. The number of anilines is 1. The Morgan fingerprint density at radius 1 is 1.04 bits per heavy atom. The zero-order valence-corrected chi connectivity index (χ0v) is 13.6. The number of hydrogen-bond donors (Lipinski definition) is 3.